The Morgan fingerprint density at radius 1 is 1.29 bits per heavy atom. The van der Waals surface area contributed by atoms with Crippen LogP contribution in [0, 0.1) is 5.92 Å². The number of alkyl halides is 1. The Labute approximate surface area is 132 Å². The minimum absolute atomic E-state index is 0.399. The van der Waals surface area contributed by atoms with Crippen molar-refractivity contribution in [1.29, 1.82) is 0 Å². The van der Waals surface area contributed by atoms with Crippen LogP contribution < -0.4 is 5.32 Å². The molecule has 0 aromatic heterocycles. The highest BCUT2D eigenvalue weighted by Crippen LogP contribution is 2.18. The number of rotatable bonds is 6. The van der Waals surface area contributed by atoms with E-state index in [1.807, 2.05) is 12.1 Å². The maximum absolute atomic E-state index is 11.6. The van der Waals surface area contributed by atoms with E-state index in [0.717, 1.165) is 31.5 Å². The van der Waals surface area contributed by atoms with Crippen LogP contribution in [0.5, 0.6) is 0 Å². The fourth-order valence-corrected chi connectivity index (χ4v) is 3.78. The average molecular weight is 331 g/mol. The van der Waals surface area contributed by atoms with Crippen molar-refractivity contribution in [3.8, 4) is 0 Å². The third kappa shape index (κ3) is 5.25. The van der Waals surface area contributed by atoms with Crippen LogP contribution in [0.4, 0.5) is 0 Å². The van der Waals surface area contributed by atoms with E-state index in [1.165, 1.54) is 11.8 Å². The van der Waals surface area contributed by atoms with Crippen LogP contribution >= 0.6 is 11.6 Å². The molecule has 118 valence electrons. The number of nitrogens with zero attached hydrogens (tertiary/aromatic N) is 1. The molecule has 1 unspecified atom stereocenters. The molecule has 2 rings (SSSR count). The normalized spacial score (nSPS) is 20.6. The van der Waals surface area contributed by atoms with E-state index in [-0.39, 0.29) is 0 Å². The van der Waals surface area contributed by atoms with Crippen LogP contribution in [0.25, 0.3) is 0 Å². The molecule has 1 heterocycles. The van der Waals surface area contributed by atoms with Gasteiger partial charge in [-0.3, -0.25) is 0 Å². The molecule has 0 radical (unpaired) electrons. The first-order valence-corrected chi connectivity index (χ1v) is 9.67. The van der Waals surface area contributed by atoms with Crippen LogP contribution in [-0.2, 0) is 22.4 Å². The zero-order valence-corrected chi connectivity index (χ0v) is 14.0. The summed E-state index contributed by atoms with van der Waals surface area (Å²) in [6.45, 7) is 2.95. The lowest BCUT2D eigenvalue weighted by Gasteiger charge is -2.31. The smallest absolute Gasteiger partial charge is 0.211 e. The second kappa shape index (κ2) is 7.58. The number of halogens is 1. The summed E-state index contributed by atoms with van der Waals surface area (Å²) >= 11 is 5.77. The Hall–Kier alpha value is -0.620. The molecule has 1 aromatic rings. The fourth-order valence-electron chi connectivity index (χ4n) is 2.66. The van der Waals surface area contributed by atoms with Crippen LogP contribution in [0.2, 0.25) is 0 Å². The summed E-state index contributed by atoms with van der Waals surface area (Å²) in [6.07, 6.45) is 3.33. The standard InChI is InChI=1S/C15H23ClN2O2S/c1-21(19,20)18-8-2-3-15(12-18)11-17-10-14-6-4-13(9-16)5-7-14/h4-7,15,17H,2-3,8-12H2,1H3. The Morgan fingerprint density at radius 2 is 1.95 bits per heavy atom. The molecule has 0 spiro atoms. The Morgan fingerprint density at radius 3 is 2.57 bits per heavy atom. The molecule has 6 heteroatoms. The monoisotopic (exact) mass is 330 g/mol. The predicted octanol–water partition coefficient (Wildman–Crippen LogP) is 2.19. The van der Waals surface area contributed by atoms with Crippen molar-refractivity contribution in [2.75, 3.05) is 25.9 Å². The second-order valence-electron chi connectivity index (χ2n) is 5.71. The highest BCUT2D eigenvalue weighted by Gasteiger charge is 2.25. The number of sulfonamides is 1. The number of hydrogen-bond acceptors (Lipinski definition) is 3. The van der Waals surface area contributed by atoms with E-state index in [1.54, 1.807) is 4.31 Å². The molecule has 4 nitrogen and oxygen atoms in total. The molecule has 1 fully saturated rings. The Balaban J connectivity index is 1.77. The summed E-state index contributed by atoms with van der Waals surface area (Å²) < 4.78 is 24.8. The van der Waals surface area contributed by atoms with Crippen molar-refractivity contribution >= 4 is 21.6 Å². The van der Waals surface area contributed by atoms with Gasteiger partial charge in [-0.15, -0.1) is 11.6 Å². The number of nitrogens with one attached hydrogen (secondary N) is 1. The number of benzene rings is 1. The van der Waals surface area contributed by atoms with E-state index in [2.05, 4.69) is 17.4 Å². The number of hydrogen-bond donors (Lipinski definition) is 1. The first-order valence-electron chi connectivity index (χ1n) is 7.28. The van der Waals surface area contributed by atoms with Crippen molar-refractivity contribution in [3.05, 3.63) is 35.4 Å². The van der Waals surface area contributed by atoms with Gasteiger partial charge in [-0.2, -0.15) is 0 Å². The highest BCUT2D eigenvalue weighted by atomic mass is 35.5. The highest BCUT2D eigenvalue weighted by molar-refractivity contribution is 7.88. The van der Waals surface area contributed by atoms with E-state index < -0.39 is 10.0 Å². The van der Waals surface area contributed by atoms with Crippen molar-refractivity contribution in [2.24, 2.45) is 5.92 Å². The van der Waals surface area contributed by atoms with Crippen molar-refractivity contribution < 1.29 is 8.42 Å². The van der Waals surface area contributed by atoms with Gasteiger partial charge in [0, 0.05) is 25.5 Å². The lowest BCUT2D eigenvalue weighted by atomic mass is 9.99. The Kier molecular flexibility index (Phi) is 6.05. The molecule has 1 aromatic carbocycles. The lowest BCUT2D eigenvalue weighted by molar-refractivity contribution is 0.261. The molecular formula is C15H23ClN2O2S. The fraction of sp³-hybridized carbons (Fsp3) is 0.600. The van der Waals surface area contributed by atoms with Crippen molar-refractivity contribution in [3.63, 3.8) is 0 Å². The lowest BCUT2D eigenvalue weighted by Crippen LogP contribution is -2.42. The van der Waals surface area contributed by atoms with Crippen LogP contribution in [-0.4, -0.2) is 38.6 Å². The second-order valence-corrected chi connectivity index (χ2v) is 7.96. The average Bonchev–Trinajstić information content (AvgIpc) is 2.47. The van der Waals surface area contributed by atoms with E-state index in [0.29, 0.717) is 24.9 Å². The first kappa shape index (κ1) is 16.7. The predicted molar refractivity (Wildman–Crippen MR) is 86.8 cm³/mol. The summed E-state index contributed by atoms with van der Waals surface area (Å²) in [6, 6.07) is 8.23. The largest absolute Gasteiger partial charge is 0.312 e. The molecule has 1 N–H and O–H groups in total. The molecule has 21 heavy (non-hydrogen) atoms. The van der Waals surface area contributed by atoms with E-state index in [9.17, 15) is 8.42 Å². The molecule has 0 aliphatic carbocycles. The summed E-state index contributed by atoms with van der Waals surface area (Å²) in [7, 11) is -3.05. The summed E-state index contributed by atoms with van der Waals surface area (Å²) in [5.41, 5.74) is 2.34. The van der Waals surface area contributed by atoms with Crippen molar-refractivity contribution in [1.82, 2.24) is 9.62 Å². The summed E-state index contributed by atoms with van der Waals surface area (Å²) in [4.78, 5) is 0. The minimum Gasteiger partial charge on any atom is -0.312 e. The third-order valence-corrected chi connectivity index (χ3v) is 5.47. The molecule has 0 saturated carbocycles. The summed E-state index contributed by atoms with van der Waals surface area (Å²) in [5, 5.41) is 3.43. The third-order valence-electron chi connectivity index (χ3n) is 3.89. The molecule has 1 aliphatic heterocycles. The molecule has 1 atom stereocenters. The maximum atomic E-state index is 11.6. The number of piperidine rings is 1. The maximum Gasteiger partial charge on any atom is 0.211 e. The van der Waals surface area contributed by atoms with E-state index >= 15 is 0 Å². The zero-order valence-electron chi connectivity index (χ0n) is 12.4. The van der Waals surface area contributed by atoms with Crippen LogP contribution in [0.15, 0.2) is 24.3 Å². The van der Waals surface area contributed by atoms with Crippen LogP contribution in [0.1, 0.15) is 24.0 Å². The van der Waals surface area contributed by atoms with Crippen LogP contribution in [0.3, 0.4) is 0 Å². The van der Waals surface area contributed by atoms with Gasteiger partial charge in [-0.25, -0.2) is 12.7 Å². The van der Waals surface area contributed by atoms with Gasteiger partial charge in [0.15, 0.2) is 0 Å². The zero-order chi connectivity index (χ0) is 15.3. The van der Waals surface area contributed by atoms with Gasteiger partial charge in [-0.05, 0) is 36.4 Å². The topological polar surface area (TPSA) is 49.4 Å². The van der Waals surface area contributed by atoms with Crippen molar-refractivity contribution in [2.45, 2.75) is 25.3 Å². The summed E-state index contributed by atoms with van der Waals surface area (Å²) in [5.74, 6) is 0.937. The molecule has 0 amide bonds. The van der Waals surface area contributed by atoms with E-state index in [4.69, 9.17) is 11.6 Å². The molecule has 1 saturated heterocycles. The van der Waals surface area contributed by atoms with Gasteiger partial charge in [0.05, 0.1) is 6.26 Å². The Bertz CT molecular complexity index is 545. The van der Waals surface area contributed by atoms with Gasteiger partial charge in [0.1, 0.15) is 0 Å². The van der Waals surface area contributed by atoms with Gasteiger partial charge in [0.25, 0.3) is 0 Å². The minimum atomic E-state index is -3.05. The molecule has 1 aliphatic rings. The molecule has 0 bridgehead atoms. The molecular weight excluding hydrogens is 308 g/mol. The van der Waals surface area contributed by atoms with Gasteiger partial charge in [0.2, 0.25) is 10.0 Å². The quantitative estimate of drug-likeness (QED) is 0.813. The first-order chi connectivity index (χ1) is 9.99. The SMILES string of the molecule is CS(=O)(=O)N1CCCC(CNCc2ccc(CCl)cc2)C1. The van der Waals surface area contributed by atoms with Gasteiger partial charge >= 0.3 is 0 Å². The van der Waals surface area contributed by atoms with Gasteiger partial charge < -0.3 is 5.32 Å². The van der Waals surface area contributed by atoms with Gasteiger partial charge in [-0.1, -0.05) is 24.3 Å².